The van der Waals surface area contributed by atoms with Gasteiger partial charge in [0.05, 0.1) is 61.2 Å². The standard InChI is InChI=1S/C38H34N6O4/c1-23-41-33-18-11-27(19-34(33)42-23)44-38(39)32(21-40-44)37(45)35-20-31(25-7-14-29(47-3)15-8-25)36(26-9-16-30(48-4)17-10-26)43(35)22-24-5-12-28(46-2)13-6-24/h5-21H,22,39H2,1-4H3,(H,41,42). The topological polar surface area (TPSA) is 122 Å². The summed E-state index contributed by atoms with van der Waals surface area (Å²) >= 11 is 0. The van der Waals surface area contributed by atoms with Crippen LogP contribution < -0.4 is 19.9 Å². The first-order chi connectivity index (χ1) is 23.4. The molecule has 0 aliphatic carbocycles. The third-order valence-electron chi connectivity index (χ3n) is 8.47. The summed E-state index contributed by atoms with van der Waals surface area (Å²) in [6.45, 7) is 2.31. The van der Waals surface area contributed by atoms with Crippen LogP contribution in [0.4, 0.5) is 5.82 Å². The highest BCUT2D eigenvalue weighted by Gasteiger charge is 2.26. The Balaban J connectivity index is 1.40. The van der Waals surface area contributed by atoms with Crippen molar-refractivity contribution in [3.8, 4) is 45.3 Å². The number of H-pyrrole nitrogens is 1. The van der Waals surface area contributed by atoms with Crippen molar-refractivity contribution in [1.82, 2.24) is 24.3 Å². The van der Waals surface area contributed by atoms with Crippen LogP contribution in [0.1, 0.15) is 27.4 Å². The van der Waals surface area contributed by atoms with Gasteiger partial charge in [-0.2, -0.15) is 5.10 Å². The molecule has 7 aromatic rings. The molecule has 0 bridgehead atoms. The van der Waals surface area contributed by atoms with Crippen molar-refractivity contribution in [2.24, 2.45) is 0 Å². The summed E-state index contributed by atoms with van der Waals surface area (Å²) in [7, 11) is 4.91. The van der Waals surface area contributed by atoms with Crippen molar-refractivity contribution in [2.45, 2.75) is 13.5 Å². The van der Waals surface area contributed by atoms with E-state index in [9.17, 15) is 4.79 Å². The number of nitrogens with one attached hydrogen (secondary N) is 1. The zero-order chi connectivity index (χ0) is 33.4. The van der Waals surface area contributed by atoms with Crippen molar-refractivity contribution >= 4 is 22.6 Å². The molecule has 3 heterocycles. The van der Waals surface area contributed by atoms with Gasteiger partial charge >= 0.3 is 0 Å². The molecule has 0 saturated heterocycles. The lowest BCUT2D eigenvalue weighted by Crippen LogP contribution is -2.14. The molecule has 240 valence electrons. The molecule has 10 nitrogen and oxygen atoms in total. The Morgan fingerprint density at radius 1 is 0.792 bits per heavy atom. The van der Waals surface area contributed by atoms with Crippen LogP contribution in [-0.4, -0.2) is 51.4 Å². The number of anilines is 1. The van der Waals surface area contributed by atoms with Gasteiger partial charge in [-0.25, -0.2) is 9.67 Å². The number of carbonyl (C=O) groups excluding carboxylic acids is 1. The fraction of sp³-hybridized carbons (Fsp3) is 0.132. The number of nitrogens with two attached hydrogens (primary N) is 1. The van der Waals surface area contributed by atoms with E-state index in [2.05, 4.69) is 15.1 Å². The number of ketones is 1. The number of hydrogen-bond donors (Lipinski definition) is 2. The lowest BCUT2D eigenvalue weighted by molar-refractivity contribution is 0.103. The predicted octanol–water partition coefficient (Wildman–Crippen LogP) is 7.08. The van der Waals surface area contributed by atoms with Crippen LogP contribution in [0.2, 0.25) is 0 Å². The largest absolute Gasteiger partial charge is 0.497 e. The van der Waals surface area contributed by atoms with Crippen molar-refractivity contribution in [3.05, 3.63) is 126 Å². The number of aromatic nitrogens is 5. The molecular weight excluding hydrogens is 604 g/mol. The molecule has 0 spiro atoms. The minimum Gasteiger partial charge on any atom is -0.497 e. The Morgan fingerprint density at radius 3 is 2.02 bits per heavy atom. The number of hydrogen-bond acceptors (Lipinski definition) is 7. The van der Waals surface area contributed by atoms with E-state index >= 15 is 0 Å². The van der Waals surface area contributed by atoms with E-state index in [1.54, 1.807) is 26.0 Å². The molecule has 0 saturated carbocycles. The molecule has 4 aromatic carbocycles. The zero-order valence-electron chi connectivity index (χ0n) is 27.0. The molecule has 0 aliphatic heterocycles. The van der Waals surface area contributed by atoms with Gasteiger partial charge in [-0.1, -0.05) is 24.3 Å². The van der Waals surface area contributed by atoms with Gasteiger partial charge < -0.3 is 29.5 Å². The van der Waals surface area contributed by atoms with E-state index in [1.165, 1.54) is 6.20 Å². The van der Waals surface area contributed by atoms with Crippen LogP contribution in [0.15, 0.2) is 103 Å². The van der Waals surface area contributed by atoms with Gasteiger partial charge in [0.2, 0.25) is 5.78 Å². The smallest absolute Gasteiger partial charge is 0.214 e. The van der Waals surface area contributed by atoms with Crippen molar-refractivity contribution in [3.63, 3.8) is 0 Å². The molecule has 0 fully saturated rings. The molecule has 10 heteroatoms. The monoisotopic (exact) mass is 638 g/mol. The highest BCUT2D eigenvalue weighted by Crippen LogP contribution is 2.38. The second-order valence-electron chi connectivity index (χ2n) is 11.4. The van der Waals surface area contributed by atoms with Gasteiger partial charge in [0.15, 0.2) is 0 Å². The van der Waals surface area contributed by atoms with Gasteiger partial charge in [0.25, 0.3) is 0 Å². The normalized spacial score (nSPS) is 11.2. The van der Waals surface area contributed by atoms with Crippen LogP contribution in [-0.2, 0) is 6.54 Å². The Hall–Kier alpha value is -6.29. The first-order valence-corrected chi connectivity index (χ1v) is 15.4. The van der Waals surface area contributed by atoms with Gasteiger partial charge in [-0.15, -0.1) is 0 Å². The van der Waals surface area contributed by atoms with Crippen molar-refractivity contribution < 1.29 is 19.0 Å². The molecule has 0 radical (unpaired) electrons. The van der Waals surface area contributed by atoms with E-state index in [0.29, 0.717) is 23.5 Å². The number of benzene rings is 4. The third-order valence-corrected chi connectivity index (χ3v) is 8.47. The van der Waals surface area contributed by atoms with E-state index in [1.807, 2.05) is 109 Å². The van der Waals surface area contributed by atoms with Gasteiger partial charge in [-0.05, 0) is 96.4 Å². The summed E-state index contributed by atoms with van der Waals surface area (Å²) in [5, 5.41) is 4.55. The number of ether oxygens (including phenoxy) is 3. The fourth-order valence-electron chi connectivity index (χ4n) is 6.00. The van der Waals surface area contributed by atoms with E-state index in [4.69, 9.17) is 19.9 Å². The SMILES string of the molecule is COc1ccc(Cn2c(C(=O)c3cnn(-c4ccc5nc(C)[nH]c5c4)c3N)cc(-c3ccc(OC)cc3)c2-c2ccc(OC)cc2)cc1. The predicted molar refractivity (Wildman–Crippen MR) is 186 cm³/mol. The minimum absolute atomic E-state index is 0.241. The Bertz CT molecular complexity index is 2240. The van der Waals surface area contributed by atoms with Crippen LogP contribution in [0, 0.1) is 6.92 Å². The van der Waals surface area contributed by atoms with Gasteiger partial charge in [-0.3, -0.25) is 4.79 Å². The number of rotatable bonds is 10. The number of aromatic amines is 1. The second-order valence-corrected chi connectivity index (χ2v) is 11.4. The number of imidazole rings is 1. The Morgan fingerprint density at radius 2 is 1.40 bits per heavy atom. The molecule has 0 atom stereocenters. The van der Waals surface area contributed by atoms with Gasteiger partial charge in [0.1, 0.15) is 28.9 Å². The summed E-state index contributed by atoms with van der Waals surface area (Å²) in [4.78, 5) is 22.4. The number of aryl methyl sites for hydroxylation is 1. The molecule has 0 unspecified atom stereocenters. The zero-order valence-corrected chi connectivity index (χ0v) is 27.0. The molecule has 3 N–H and O–H groups in total. The molecule has 3 aromatic heterocycles. The Kier molecular flexibility index (Phi) is 7.90. The number of nitrogens with zero attached hydrogens (tertiary/aromatic N) is 4. The average Bonchev–Trinajstić information content (AvgIpc) is 3.81. The maximum atomic E-state index is 14.6. The highest BCUT2D eigenvalue weighted by molar-refractivity contribution is 6.12. The van der Waals surface area contributed by atoms with E-state index in [0.717, 1.165) is 62.1 Å². The van der Waals surface area contributed by atoms with E-state index < -0.39 is 0 Å². The van der Waals surface area contributed by atoms with Crippen molar-refractivity contribution in [2.75, 3.05) is 27.1 Å². The summed E-state index contributed by atoms with van der Waals surface area (Å²) in [5.74, 6) is 3.02. The number of carbonyl (C=O) groups is 1. The number of nitrogen functional groups attached to an aromatic ring is 1. The summed E-state index contributed by atoms with van der Waals surface area (Å²) in [5.41, 5.74) is 14.5. The number of methoxy groups -OCH3 is 3. The van der Waals surface area contributed by atoms with Crippen LogP contribution >= 0.6 is 0 Å². The molecular formula is C38H34N6O4. The first-order valence-electron chi connectivity index (χ1n) is 15.4. The average molecular weight is 639 g/mol. The lowest BCUT2D eigenvalue weighted by atomic mass is 10.0. The second kappa shape index (κ2) is 12.5. The lowest BCUT2D eigenvalue weighted by Gasteiger charge is -2.16. The molecule has 0 aliphatic rings. The van der Waals surface area contributed by atoms with Crippen LogP contribution in [0.5, 0.6) is 17.2 Å². The number of fused-ring (bicyclic) bond motifs is 1. The maximum absolute atomic E-state index is 14.6. The molecule has 0 amide bonds. The molecule has 48 heavy (non-hydrogen) atoms. The highest BCUT2D eigenvalue weighted by atomic mass is 16.5. The van der Waals surface area contributed by atoms with Crippen LogP contribution in [0.3, 0.4) is 0 Å². The van der Waals surface area contributed by atoms with Crippen LogP contribution in [0.25, 0.3) is 39.1 Å². The third kappa shape index (κ3) is 5.53. The minimum atomic E-state index is -0.250. The van der Waals surface area contributed by atoms with E-state index in [-0.39, 0.29) is 11.6 Å². The maximum Gasteiger partial charge on any atom is 0.214 e. The molecule has 7 rings (SSSR count). The fourth-order valence-corrected chi connectivity index (χ4v) is 6.00. The summed E-state index contributed by atoms with van der Waals surface area (Å²) in [6, 6.07) is 31.1. The summed E-state index contributed by atoms with van der Waals surface area (Å²) < 4.78 is 19.9. The van der Waals surface area contributed by atoms with Gasteiger partial charge in [0, 0.05) is 12.1 Å². The quantitative estimate of drug-likeness (QED) is 0.154. The van der Waals surface area contributed by atoms with Crippen molar-refractivity contribution in [1.29, 1.82) is 0 Å². The Labute approximate surface area is 277 Å². The first kappa shape index (κ1) is 30.4. The summed E-state index contributed by atoms with van der Waals surface area (Å²) in [6.07, 6.45) is 1.53.